The van der Waals surface area contributed by atoms with Crippen molar-refractivity contribution in [3.8, 4) is 5.75 Å². The Balaban J connectivity index is 0.00000280. The minimum Gasteiger partial charge on any atom is -0.496 e. The van der Waals surface area contributed by atoms with Crippen molar-refractivity contribution in [2.75, 3.05) is 32.2 Å². The summed E-state index contributed by atoms with van der Waals surface area (Å²) in [7, 11) is 1.72. The van der Waals surface area contributed by atoms with Crippen molar-refractivity contribution in [3.05, 3.63) is 59.2 Å². The number of nitrogens with zero attached hydrogens (tertiary/aromatic N) is 1. The highest BCUT2D eigenvalue weighted by atomic mass is 127. The molecule has 1 heterocycles. The lowest BCUT2D eigenvalue weighted by Gasteiger charge is -2.37. The molecular weight excluding hydrogens is 465 g/mol. The molecule has 0 aliphatic carbocycles. The number of nitrogens with two attached hydrogens (primary N) is 1. The predicted octanol–water partition coefficient (Wildman–Crippen LogP) is 4.41. The summed E-state index contributed by atoms with van der Waals surface area (Å²) in [6.45, 7) is 6.20. The number of hydrogen-bond donors (Lipinski definition) is 2. The number of ether oxygens (including phenoxy) is 2. The monoisotopic (exact) mass is 495 g/mol. The van der Waals surface area contributed by atoms with E-state index in [1.54, 1.807) is 7.11 Å². The van der Waals surface area contributed by atoms with Gasteiger partial charge < -0.3 is 20.5 Å². The van der Waals surface area contributed by atoms with Crippen LogP contribution in [0.4, 0.5) is 5.69 Å². The normalized spacial score (nSPS) is 16.2. The van der Waals surface area contributed by atoms with E-state index in [0.29, 0.717) is 12.5 Å². The summed E-state index contributed by atoms with van der Waals surface area (Å²) in [6.07, 6.45) is 1.79. The number of nitrogens with one attached hydrogen (secondary N) is 1. The molecule has 28 heavy (non-hydrogen) atoms. The van der Waals surface area contributed by atoms with Crippen molar-refractivity contribution in [1.82, 2.24) is 0 Å². The zero-order valence-corrected chi connectivity index (χ0v) is 19.2. The fraction of sp³-hybridized carbons (Fsp3) is 0.409. The molecule has 0 bridgehead atoms. The van der Waals surface area contributed by atoms with Gasteiger partial charge in [0.15, 0.2) is 5.96 Å². The van der Waals surface area contributed by atoms with Gasteiger partial charge in [0.1, 0.15) is 5.75 Å². The first kappa shape index (κ1) is 22.5. The van der Waals surface area contributed by atoms with Crippen molar-refractivity contribution in [2.45, 2.75) is 32.1 Å². The molecule has 1 saturated heterocycles. The second-order valence-corrected chi connectivity index (χ2v) is 7.29. The first-order valence-electron chi connectivity index (χ1n) is 9.39. The summed E-state index contributed by atoms with van der Waals surface area (Å²) < 4.78 is 11.3. The van der Waals surface area contributed by atoms with Gasteiger partial charge in [-0.1, -0.05) is 29.8 Å². The molecule has 152 valence electrons. The molecule has 3 N–H and O–H groups in total. The van der Waals surface area contributed by atoms with E-state index < -0.39 is 0 Å². The molecule has 3 rings (SSSR count). The molecule has 0 aromatic heterocycles. The van der Waals surface area contributed by atoms with Crippen LogP contribution in [0.1, 0.15) is 29.5 Å². The van der Waals surface area contributed by atoms with Gasteiger partial charge in [0.05, 0.1) is 13.7 Å². The first-order chi connectivity index (χ1) is 13.0. The molecule has 1 aliphatic rings. The van der Waals surface area contributed by atoms with Crippen LogP contribution in [0.3, 0.4) is 0 Å². The van der Waals surface area contributed by atoms with Gasteiger partial charge in [-0.3, -0.25) is 4.99 Å². The highest BCUT2D eigenvalue weighted by molar-refractivity contribution is 14.0. The summed E-state index contributed by atoms with van der Waals surface area (Å²) >= 11 is 0. The molecule has 0 unspecified atom stereocenters. The van der Waals surface area contributed by atoms with Crippen molar-refractivity contribution in [1.29, 1.82) is 0 Å². The Hall–Kier alpha value is -1.80. The molecule has 0 saturated carbocycles. The van der Waals surface area contributed by atoms with Gasteiger partial charge in [-0.15, -0.1) is 24.0 Å². The molecule has 0 atom stereocenters. The zero-order chi connectivity index (χ0) is 19.3. The Bertz CT molecular complexity index is 817. The Kier molecular flexibility index (Phi) is 8.12. The maximum absolute atomic E-state index is 6.19. The first-order valence-corrected chi connectivity index (χ1v) is 9.39. The largest absolute Gasteiger partial charge is 0.496 e. The van der Waals surface area contributed by atoms with Crippen LogP contribution >= 0.6 is 24.0 Å². The molecule has 0 radical (unpaired) electrons. The topological polar surface area (TPSA) is 68.9 Å². The van der Waals surface area contributed by atoms with Gasteiger partial charge >= 0.3 is 0 Å². The summed E-state index contributed by atoms with van der Waals surface area (Å²) in [5.74, 6) is 1.33. The van der Waals surface area contributed by atoms with Crippen LogP contribution in [-0.4, -0.2) is 32.8 Å². The summed E-state index contributed by atoms with van der Waals surface area (Å²) in [5.41, 5.74) is 10.6. The molecule has 0 spiro atoms. The minimum absolute atomic E-state index is 0. The van der Waals surface area contributed by atoms with Crippen LogP contribution in [0.25, 0.3) is 0 Å². The lowest BCUT2D eigenvalue weighted by Crippen LogP contribution is -2.38. The van der Waals surface area contributed by atoms with Crippen molar-refractivity contribution in [3.63, 3.8) is 0 Å². The summed E-state index contributed by atoms with van der Waals surface area (Å²) in [6, 6.07) is 14.4. The second-order valence-electron chi connectivity index (χ2n) is 7.29. The molecule has 5 nitrogen and oxygen atoms in total. The maximum atomic E-state index is 6.19. The highest BCUT2D eigenvalue weighted by Gasteiger charge is 2.37. The van der Waals surface area contributed by atoms with Crippen molar-refractivity contribution >= 4 is 35.6 Å². The van der Waals surface area contributed by atoms with E-state index in [2.05, 4.69) is 43.4 Å². The SMILES string of the molecule is COc1ccc(C)cc1C1(CN=C(N)Nc2cccc(C)c2)CCOCC1.I. The number of aliphatic imine (C=N–C) groups is 1. The summed E-state index contributed by atoms with van der Waals surface area (Å²) in [5, 5.41) is 3.20. The van der Waals surface area contributed by atoms with Crippen LogP contribution in [0.15, 0.2) is 47.5 Å². The minimum atomic E-state index is -0.130. The summed E-state index contributed by atoms with van der Waals surface area (Å²) in [4.78, 5) is 4.70. The van der Waals surface area contributed by atoms with Crippen LogP contribution in [0.2, 0.25) is 0 Å². The lowest BCUT2D eigenvalue weighted by molar-refractivity contribution is 0.0523. The third-order valence-electron chi connectivity index (χ3n) is 5.22. The van der Waals surface area contributed by atoms with Gasteiger partial charge in [-0.2, -0.15) is 0 Å². The quantitative estimate of drug-likeness (QED) is 0.367. The van der Waals surface area contributed by atoms with E-state index in [1.165, 1.54) is 16.7 Å². The number of hydrogen-bond acceptors (Lipinski definition) is 3. The van der Waals surface area contributed by atoms with Crippen LogP contribution in [-0.2, 0) is 10.2 Å². The second kappa shape index (κ2) is 10.1. The molecule has 6 heteroatoms. The third-order valence-corrected chi connectivity index (χ3v) is 5.22. The van der Waals surface area contributed by atoms with E-state index in [4.69, 9.17) is 20.2 Å². The van der Waals surface area contributed by atoms with Crippen LogP contribution in [0, 0.1) is 13.8 Å². The fourth-order valence-electron chi connectivity index (χ4n) is 3.66. The van der Waals surface area contributed by atoms with E-state index in [1.807, 2.05) is 18.2 Å². The number of methoxy groups -OCH3 is 1. The number of halogens is 1. The molecule has 1 aliphatic heterocycles. The van der Waals surface area contributed by atoms with E-state index in [0.717, 1.165) is 37.5 Å². The highest BCUT2D eigenvalue weighted by Crippen LogP contribution is 2.40. The molecule has 2 aromatic carbocycles. The molecule has 2 aromatic rings. The number of guanidine groups is 1. The Morgan fingerprint density at radius 1 is 1.14 bits per heavy atom. The average Bonchev–Trinajstić information content (AvgIpc) is 2.67. The lowest BCUT2D eigenvalue weighted by atomic mass is 9.73. The van der Waals surface area contributed by atoms with Gasteiger partial charge in [-0.05, 0) is 50.5 Å². The third kappa shape index (κ3) is 5.38. The van der Waals surface area contributed by atoms with Gasteiger partial charge in [0.2, 0.25) is 0 Å². The van der Waals surface area contributed by atoms with Gasteiger partial charge in [0, 0.05) is 29.9 Å². The Labute approximate surface area is 184 Å². The number of aryl methyl sites for hydroxylation is 2. The van der Waals surface area contributed by atoms with E-state index >= 15 is 0 Å². The van der Waals surface area contributed by atoms with Gasteiger partial charge in [-0.25, -0.2) is 0 Å². The number of rotatable bonds is 5. The Morgan fingerprint density at radius 3 is 2.54 bits per heavy atom. The number of benzene rings is 2. The standard InChI is InChI=1S/C22H29N3O2.HI/c1-16-5-4-6-18(13-16)25-21(23)24-15-22(9-11-27-12-10-22)19-14-17(2)7-8-20(19)26-3;/h4-8,13-14H,9-12,15H2,1-3H3,(H3,23,24,25);1H. The van der Waals surface area contributed by atoms with E-state index in [9.17, 15) is 0 Å². The Morgan fingerprint density at radius 2 is 1.86 bits per heavy atom. The maximum Gasteiger partial charge on any atom is 0.193 e. The van der Waals surface area contributed by atoms with Crippen molar-refractivity contribution in [2.24, 2.45) is 10.7 Å². The average molecular weight is 495 g/mol. The molecular formula is C22H30IN3O2. The number of anilines is 1. The van der Waals surface area contributed by atoms with Crippen LogP contribution in [0.5, 0.6) is 5.75 Å². The van der Waals surface area contributed by atoms with Crippen molar-refractivity contribution < 1.29 is 9.47 Å². The predicted molar refractivity (Wildman–Crippen MR) is 126 cm³/mol. The fourth-order valence-corrected chi connectivity index (χ4v) is 3.66. The zero-order valence-electron chi connectivity index (χ0n) is 16.8. The van der Waals surface area contributed by atoms with Crippen LogP contribution < -0.4 is 15.8 Å². The van der Waals surface area contributed by atoms with E-state index in [-0.39, 0.29) is 29.4 Å². The molecule has 0 amide bonds. The smallest absolute Gasteiger partial charge is 0.193 e. The van der Waals surface area contributed by atoms with Gasteiger partial charge in [0.25, 0.3) is 0 Å². The molecule has 1 fully saturated rings.